The van der Waals surface area contributed by atoms with Gasteiger partial charge in [0.2, 0.25) is 0 Å². The topological polar surface area (TPSA) is 89.9 Å². The molecular weight excluding hydrogens is 232 g/mol. The Hall–Kier alpha value is -0.210. The van der Waals surface area contributed by atoms with Gasteiger partial charge in [0, 0.05) is 32.3 Å². The molecule has 96 valence electrons. The Labute approximate surface area is 96.4 Å². The van der Waals surface area contributed by atoms with Crippen molar-refractivity contribution in [3.63, 3.8) is 0 Å². The van der Waals surface area contributed by atoms with E-state index in [9.17, 15) is 8.42 Å². The van der Waals surface area contributed by atoms with Gasteiger partial charge in [0.25, 0.3) is 10.1 Å². The van der Waals surface area contributed by atoms with Crippen LogP contribution in [0, 0.1) is 0 Å². The van der Waals surface area contributed by atoms with Crippen LogP contribution in [0.5, 0.6) is 0 Å². The van der Waals surface area contributed by atoms with E-state index >= 15 is 0 Å². The van der Waals surface area contributed by atoms with E-state index in [2.05, 4.69) is 10.2 Å². The summed E-state index contributed by atoms with van der Waals surface area (Å²) in [5, 5.41) is 12.1. The van der Waals surface area contributed by atoms with Crippen molar-refractivity contribution >= 4 is 10.1 Å². The number of piperazine rings is 1. The number of hydrogen-bond donors (Lipinski definition) is 3. The number of aliphatic hydroxyl groups excluding tert-OH is 1. The molecule has 0 aromatic heterocycles. The van der Waals surface area contributed by atoms with E-state index in [0.717, 1.165) is 19.6 Å². The Kier molecular flexibility index (Phi) is 5.63. The van der Waals surface area contributed by atoms with Crippen LogP contribution in [0.15, 0.2) is 0 Å². The Morgan fingerprint density at radius 1 is 1.44 bits per heavy atom. The minimum Gasteiger partial charge on any atom is -0.396 e. The fourth-order valence-corrected chi connectivity index (χ4v) is 2.47. The highest BCUT2D eigenvalue weighted by Gasteiger charge is 2.21. The SMILES string of the molecule is O=S(=O)(O)CCCN1CCNCC1CCO. The number of nitrogens with zero attached hydrogens (tertiary/aromatic N) is 1. The van der Waals surface area contributed by atoms with Gasteiger partial charge in [0.05, 0.1) is 5.75 Å². The van der Waals surface area contributed by atoms with E-state index in [1.807, 2.05) is 0 Å². The number of nitrogens with one attached hydrogen (secondary N) is 1. The van der Waals surface area contributed by atoms with Gasteiger partial charge in [-0.05, 0) is 19.4 Å². The predicted octanol–water partition coefficient (Wildman–Crippen LogP) is -1.08. The van der Waals surface area contributed by atoms with Crippen LogP contribution in [0.1, 0.15) is 12.8 Å². The smallest absolute Gasteiger partial charge is 0.264 e. The predicted molar refractivity (Wildman–Crippen MR) is 61.0 cm³/mol. The normalized spacial score (nSPS) is 23.5. The van der Waals surface area contributed by atoms with E-state index in [1.165, 1.54) is 0 Å². The minimum atomic E-state index is -3.85. The molecule has 0 aromatic carbocycles. The van der Waals surface area contributed by atoms with Gasteiger partial charge in [-0.3, -0.25) is 9.45 Å². The van der Waals surface area contributed by atoms with E-state index in [0.29, 0.717) is 19.4 Å². The van der Waals surface area contributed by atoms with E-state index in [-0.39, 0.29) is 18.4 Å². The quantitative estimate of drug-likeness (QED) is 0.521. The first-order valence-electron chi connectivity index (χ1n) is 5.54. The van der Waals surface area contributed by atoms with Crippen molar-refractivity contribution in [3.05, 3.63) is 0 Å². The summed E-state index contributed by atoms with van der Waals surface area (Å²) in [6, 6.07) is 0.264. The monoisotopic (exact) mass is 252 g/mol. The second kappa shape index (κ2) is 6.51. The number of aliphatic hydroxyl groups is 1. The van der Waals surface area contributed by atoms with Crippen molar-refractivity contribution in [2.45, 2.75) is 18.9 Å². The van der Waals surface area contributed by atoms with Crippen molar-refractivity contribution < 1.29 is 18.1 Å². The third kappa shape index (κ3) is 5.22. The molecule has 1 rings (SSSR count). The van der Waals surface area contributed by atoms with E-state index in [4.69, 9.17) is 9.66 Å². The molecule has 0 aromatic rings. The molecule has 1 atom stereocenters. The summed E-state index contributed by atoms with van der Waals surface area (Å²) in [5.74, 6) is -0.192. The zero-order chi connectivity index (χ0) is 12.0. The van der Waals surface area contributed by atoms with Gasteiger partial charge in [-0.2, -0.15) is 8.42 Å². The molecule has 6 nitrogen and oxygen atoms in total. The average Bonchev–Trinajstić information content (AvgIpc) is 2.19. The molecule has 0 saturated carbocycles. The molecule has 1 fully saturated rings. The maximum atomic E-state index is 10.6. The maximum absolute atomic E-state index is 10.6. The first-order valence-corrected chi connectivity index (χ1v) is 7.14. The Morgan fingerprint density at radius 2 is 2.19 bits per heavy atom. The minimum absolute atomic E-state index is 0.140. The Bertz CT molecular complexity index is 292. The molecule has 16 heavy (non-hydrogen) atoms. The lowest BCUT2D eigenvalue weighted by Crippen LogP contribution is -2.51. The molecule has 0 aliphatic carbocycles. The molecule has 7 heteroatoms. The molecule has 0 radical (unpaired) electrons. The van der Waals surface area contributed by atoms with Gasteiger partial charge < -0.3 is 10.4 Å². The van der Waals surface area contributed by atoms with Crippen LogP contribution in [0.25, 0.3) is 0 Å². The van der Waals surface area contributed by atoms with E-state index < -0.39 is 10.1 Å². The molecule has 1 aliphatic heterocycles. The standard InChI is InChI=1S/C9H20N2O4S/c12-6-2-9-8-10-3-5-11(9)4-1-7-16(13,14)15/h9-10,12H,1-8H2,(H,13,14,15). The molecule has 1 aliphatic rings. The summed E-state index contributed by atoms with van der Waals surface area (Å²) in [5.41, 5.74) is 0. The van der Waals surface area contributed by atoms with Gasteiger partial charge in [0.15, 0.2) is 0 Å². The second-order valence-corrected chi connectivity index (χ2v) is 5.62. The first-order chi connectivity index (χ1) is 7.53. The highest BCUT2D eigenvalue weighted by Crippen LogP contribution is 2.08. The van der Waals surface area contributed by atoms with Crippen LogP contribution >= 0.6 is 0 Å². The lowest BCUT2D eigenvalue weighted by Gasteiger charge is -2.35. The molecule has 0 spiro atoms. The van der Waals surface area contributed by atoms with Gasteiger partial charge >= 0.3 is 0 Å². The third-order valence-electron chi connectivity index (χ3n) is 2.78. The van der Waals surface area contributed by atoms with E-state index in [1.54, 1.807) is 0 Å². The van der Waals surface area contributed by atoms with Crippen molar-refractivity contribution in [2.24, 2.45) is 0 Å². The third-order valence-corrected chi connectivity index (χ3v) is 3.59. The van der Waals surface area contributed by atoms with Gasteiger partial charge in [-0.25, -0.2) is 0 Å². The fourth-order valence-electron chi connectivity index (χ4n) is 1.98. The number of hydrogen-bond acceptors (Lipinski definition) is 5. The summed E-state index contributed by atoms with van der Waals surface area (Å²) < 4.78 is 29.7. The molecule has 1 heterocycles. The average molecular weight is 252 g/mol. The number of rotatable bonds is 6. The molecule has 0 bridgehead atoms. The summed E-state index contributed by atoms with van der Waals surface area (Å²) >= 11 is 0. The molecule has 3 N–H and O–H groups in total. The van der Waals surface area contributed by atoms with Gasteiger partial charge in [-0.1, -0.05) is 0 Å². The molecule has 0 amide bonds. The van der Waals surface area contributed by atoms with Gasteiger partial charge in [-0.15, -0.1) is 0 Å². The van der Waals surface area contributed by atoms with Crippen LogP contribution in [-0.4, -0.2) is 67.6 Å². The zero-order valence-electron chi connectivity index (χ0n) is 9.30. The molecule has 1 unspecified atom stereocenters. The molecule has 1 saturated heterocycles. The summed E-state index contributed by atoms with van der Waals surface area (Å²) in [6.07, 6.45) is 1.12. The lowest BCUT2D eigenvalue weighted by molar-refractivity contribution is 0.130. The van der Waals surface area contributed by atoms with Crippen LogP contribution < -0.4 is 5.32 Å². The first kappa shape index (κ1) is 13.9. The molecular formula is C9H20N2O4S. The lowest BCUT2D eigenvalue weighted by atomic mass is 10.1. The van der Waals surface area contributed by atoms with Crippen LogP contribution in [0.4, 0.5) is 0 Å². The highest BCUT2D eigenvalue weighted by atomic mass is 32.2. The van der Waals surface area contributed by atoms with Crippen LogP contribution in [-0.2, 0) is 10.1 Å². The van der Waals surface area contributed by atoms with Gasteiger partial charge in [0.1, 0.15) is 0 Å². The Morgan fingerprint density at radius 3 is 2.81 bits per heavy atom. The summed E-state index contributed by atoms with van der Waals surface area (Å²) in [4.78, 5) is 2.16. The van der Waals surface area contributed by atoms with Crippen molar-refractivity contribution in [3.8, 4) is 0 Å². The summed E-state index contributed by atoms with van der Waals surface area (Å²) in [6.45, 7) is 3.35. The largest absolute Gasteiger partial charge is 0.396 e. The highest BCUT2D eigenvalue weighted by molar-refractivity contribution is 7.85. The van der Waals surface area contributed by atoms with Crippen LogP contribution in [0.2, 0.25) is 0 Å². The van der Waals surface area contributed by atoms with Crippen LogP contribution in [0.3, 0.4) is 0 Å². The summed E-state index contributed by atoms with van der Waals surface area (Å²) in [7, 11) is -3.85. The Balaban J connectivity index is 2.32. The second-order valence-electron chi connectivity index (χ2n) is 4.05. The van der Waals surface area contributed by atoms with Crippen molar-refractivity contribution in [2.75, 3.05) is 38.5 Å². The van der Waals surface area contributed by atoms with Crippen molar-refractivity contribution in [1.82, 2.24) is 10.2 Å². The fraction of sp³-hybridized carbons (Fsp3) is 1.00. The zero-order valence-corrected chi connectivity index (χ0v) is 10.1. The van der Waals surface area contributed by atoms with Crippen molar-refractivity contribution in [1.29, 1.82) is 0 Å². The maximum Gasteiger partial charge on any atom is 0.264 e.